The van der Waals surface area contributed by atoms with E-state index in [9.17, 15) is 9.59 Å². The molecule has 0 rings (SSSR count). The lowest BCUT2D eigenvalue weighted by Gasteiger charge is -2.04. The maximum absolute atomic E-state index is 10.6. The molecule has 1 unspecified atom stereocenters. The molecule has 0 aromatic carbocycles. The Kier molecular flexibility index (Phi) is 3.42. The van der Waals surface area contributed by atoms with Gasteiger partial charge in [-0.05, 0) is 6.92 Å². The maximum atomic E-state index is 10.6. The number of hydrogen-bond acceptors (Lipinski definition) is 3. The van der Waals surface area contributed by atoms with Crippen molar-refractivity contribution in [2.24, 2.45) is 5.73 Å². The molecule has 0 heterocycles. The number of imide groups is 1. The summed E-state index contributed by atoms with van der Waals surface area (Å²) < 4.78 is 0. The van der Waals surface area contributed by atoms with E-state index in [2.05, 4.69) is 5.32 Å². The highest BCUT2D eigenvalue weighted by atomic mass is 16.2. The molecule has 58 valence electrons. The first-order chi connectivity index (χ1) is 4.57. The van der Waals surface area contributed by atoms with Crippen LogP contribution in [0.15, 0.2) is 0 Å². The van der Waals surface area contributed by atoms with Gasteiger partial charge in [0.1, 0.15) is 0 Å². The molecule has 10 heavy (non-hydrogen) atoms. The van der Waals surface area contributed by atoms with Gasteiger partial charge in [0.15, 0.2) is 0 Å². The van der Waals surface area contributed by atoms with Crippen molar-refractivity contribution in [3.05, 3.63) is 0 Å². The second-order valence-electron chi connectivity index (χ2n) is 1.86. The fourth-order valence-electron chi connectivity index (χ4n) is 0.288. The van der Waals surface area contributed by atoms with Gasteiger partial charge in [0.05, 0.1) is 6.04 Å². The lowest BCUT2D eigenvalue weighted by molar-refractivity contribution is -0.120. The Morgan fingerprint density at radius 1 is 1.50 bits per heavy atom. The van der Waals surface area contributed by atoms with Gasteiger partial charge < -0.3 is 11.1 Å². The Morgan fingerprint density at radius 2 is 2.00 bits per heavy atom. The van der Waals surface area contributed by atoms with Crippen LogP contribution in [-0.4, -0.2) is 25.0 Å². The predicted octanol–water partition coefficient (Wildman–Crippen LogP) is -1.21. The first-order valence-corrected chi connectivity index (χ1v) is 2.86. The van der Waals surface area contributed by atoms with Crippen LogP contribution in [0.1, 0.15) is 6.92 Å². The van der Waals surface area contributed by atoms with Gasteiger partial charge >= 0.3 is 6.03 Å². The number of amides is 3. The molecule has 0 aromatic heterocycles. The van der Waals surface area contributed by atoms with Crippen LogP contribution in [0.3, 0.4) is 0 Å². The van der Waals surface area contributed by atoms with E-state index in [-0.39, 0.29) is 0 Å². The fraction of sp³-hybridized carbons (Fsp3) is 0.600. The van der Waals surface area contributed by atoms with Crippen molar-refractivity contribution in [3.8, 4) is 0 Å². The standard InChI is InChI=1S/C5H11N3O2/c1-3(6)4(9)8-5(10)7-2/h3H,6H2,1-2H3,(H2,7,8,9,10). The van der Waals surface area contributed by atoms with Crippen molar-refractivity contribution < 1.29 is 9.59 Å². The molecular weight excluding hydrogens is 134 g/mol. The Balaban J connectivity index is 3.69. The zero-order chi connectivity index (χ0) is 8.15. The van der Waals surface area contributed by atoms with Crippen molar-refractivity contribution in [2.45, 2.75) is 13.0 Å². The van der Waals surface area contributed by atoms with Crippen molar-refractivity contribution in [1.82, 2.24) is 10.6 Å². The van der Waals surface area contributed by atoms with Crippen molar-refractivity contribution in [2.75, 3.05) is 7.05 Å². The third kappa shape index (κ3) is 3.03. The van der Waals surface area contributed by atoms with Crippen LogP contribution >= 0.6 is 0 Å². The van der Waals surface area contributed by atoms with Gasteiger partial charge in [-0.3, -0.25) is 10.1 Å². The average Bonchev–Trinajstić information content (AvgIpc) is 1.87. The van der Waals surface area contributed by atoms with Crippen LogP contribution < -0.4 is 16.4 Å². The minimum atomic E-state index is -0.655. The van der Waals surface area contributed by atoms with Gasteiger partial charge in [-0.25, -0.2) is 4.79 Å². The number of rotatable bonds is 1. The van der Waals surface area contributed by atoms with Gasteiger partial charge in [0.2, 0.25) is 5.91 Å². The zero-order valence-electron chi connectivity index (χ0n) is 5.97. The Morgan fingerprint density at radius 3 is 2.30 bits per heavy atom. The molecular formula is C5H11N3O2. The zero-order valence-corrected chi connectivity index (χ0v) is 5.97. The number of carbonyl (C=O) groups excluding carboxylic acids is 2. The molecule has 0 fully saturated rings. The second-order valence-corrected chi connectivity index (χ2v) is 1.86. The van der Waals surface area contributed by atoms with Crippen molar-refractivity contribution in [1.29, 1.82) is 0 Å². The summed E-state index contributed by atoms with van der Waals surface area (Å²) in [5.74, 6) is -0.487. The summed E-state index contributed by atoms with van der Waals surface area (Å²) in [7, 11) is 1.42. The largest absolute Gasteiger partial charge is 0.341 e. The molecule has 0 aliphatic rings. The Hall–Kier alpha value is -1.10. The molecule has 0 aromatic rings. The molecule has 0 spiro atoms. The molecule has 4 N–H and O–H groups in total. The van der Waals surface area contributed by atoms with E-state index < -0.39 is 18.0 Å². The monoisotopic (exact) mass is 145 g/mol. The summed E-state index contributed by atoms with van der Waals surface area (Å²) in [6.07, 6.45) is 0. The van der Waals surface area contributed by atoms with E-state index in [1.807, 2.05) is 5.32 Å². The topological polar surface area (TPSA) is 84.2 Å². The van der Waals surface area contributed by atoms with Crippen LogP contribution in [0, 0.1) is 0 Å². The highest BCUT2D eigenvalue weighted by Gasteiger charge is 2.08. The van der Waals surface area contributed by atoms with E-state index in [0.717, 1.165) is 0 Å². The summed E-state index contributed by atoms with van der Waals surface area (Å²) in [5.41, 5.74) is 5.15. The fourth-order valence-corrected chi connectivity index (χ4v) is 0.288. The lowest BCUT2D eigenvalue weighted by atomic mass is 10.3. The summed E-state index contributed by atoms with van der Waals surface area (Å²) >= 11 is 0. The highest BCUT2D eigenvalue weighted by Crippen LogP contribution is 1.73. The third-order valence-corrected chi connectivity index (χ3v) is 0.877. The quantitative estimate of drug-likeness (QED) is 0.433. The first-order valence-electron chi connectivity index (χ1n) is 2.86. The minimum absolute atomic E-state index is 0.487. The van der Waals surface area contributed by atoms with Crippen molar-refractivity contribution in [3.63, 3.8) is 0 Å². The molecule has 0 radical (unpaired) electrons. The second kappa shape index (κ2) is 3.84. The van der Waals surface area contributed by atoms with E-state index >= 15 is 0 Å². The van der Waals surface area contributed by atoms with E-state index in [4.69, 9.17) is 5.73 Å². The predicted molar refractivity (Wildman–Crippen MR) is 36.2 cm³/mol. The molecule has 5 nitrogen and oxygen atoms in total. The summed E-state index contributed by atoms with van der Waals surface area (Å²) in [5, 5.41) is 4.24. The molecule has 1 atom stereocenters. The molecule has 0 saturated carbocycles. The maximum Gasteiger partial charge on any atom is 0.321 e. The molecule has 0 saturated heterocycles. The van der Waals surface area contributed by atoms with Gasteiger partial charge in [0, 0.05) is 7.05 Å². The number of nitrogens with one attached hydrogen (secondary N) is 2. The Bertz CT molecular complexity index is 144. The van der Waals surface area contributed by atoms with Crippen molar-refractivity contribution >= 4 is 11.9 Å². The minimum Gasteiger partial charge on any atom is -0.341 e. The van der Waals surface area contributed by atoms with E-state index in [0.29, 0.717) is 0 Å². The van der Waals surface area contributed by atoms with Crippen LogP contribution in [0.25, 0.3) is 0 Å². The SMILES string of the molecule is CNC(=O)NC(=O)C(C)N. The summed E-state index contributed by atoms with van der Waals surface area (Å²) in [6, 6.07) is -1.19. The number of carbonyl (C=O) groups is 2. The molecule has 0 aliphatic heterocycles. The number of nitrogens with two attached hydrogens (primary N) is 1. The van der Waals surface area contributed by atoms with Crippen LogP contribution in [0.4, 0.5) is 4.79 Å². The van der Waals surface area contributed by atoms with Gasteiger partial charge in [-0.15, -0.1) is 0 Å². The Labute approximate surface area is 59.0 Å². The molecule has 5 heteroatoms. The number of urea groups is 1. The lowest BCUT2D eigenvalue weighted by Crippen LogP contribution is -2.45. The average molecular weight is 145 g/mol. The molecule has 0 bridgehead atoms. The van der Waals surface area contributed by atoms with Crippen LogP contribution in [-0.2, 0) is 4.79 Å². The molecule has 3 amide bonds. The third-order valence-electron chi connectivity index (χ3n) is 0.877. The smallest absolute Gasteiger partial charge is 0.321 e. The summed E-state index contributed by atoms with van der Waals surface area (Å²) in [6.45, 7) is 1.50. The normalized spacial score (nSPS) is 11.9. The van der Waals surface area contributed by atoms with Gasteiger partial charge in [0.25, 0.3) is 0 Å². The van der Waals surface area contributed by atoms with Gasteiger partial charge in [-0.1, -0.05) is 0 Å². The van der Waals surface area contributed by atoms with Crippen LogP contribution in [0.5, 0.6) is 0 Å². The summed E-state index contributed by atoms with van der Waals surface area (Å²) in [4.78, 5) is 21.0. The van der Waals surface area contributed by atoms with E-state index in [1.165, 1.54) is 14.0 Å². The molecule has 0 aliphatic carbocycles. The first kappa shape index (κ1) is 8.90. The highest BCUT2D eigenvalue weighted by molar-refractivity contribution is 5.96. The van der Waals surface area contributed by atoms with E-state index in [1.54, 1.807) is 0 Å². The number of hydrogen-bond donors (Lipinski definition) is 3. The van der Waals surface area contributed by atoms with Crippen LogP contribution in [0.2, 0.25) is 0 Å². The van der Waals surface area contributed by atoms with Gasteiger partial charge in [-0.2, -0.15) is 0 Å².